The quantitative estimate of drug-likeness (QED) is 0.431. The lowest BCUT2D eigenvalue weighted by atomic mass is 10.2. The van der Waals surface area contributed by atoms with Crippen molar-refractivity contribution in [3.05, 3.63) is 73.2 Å². The molecule has 1 fully saturated rings. The molecule has 33 heavy (non-hydrogen) atoms. The number of likely N-dealkylation sites (tertiary alicyclic amines) is 1. The zero-order chi connectivity index (χ0) is 24.0. The molecular formula is C21H19Cl2N3O4S3. The Bertz CT molecular complexity index is 1230. The molecule has 2 aromatic heterocycles. The molecule has 1 aromatic carbocycles. The minimum atomic E-state index is -4.15. The summed E-state index contributed by atoms with van der Waals surface area (Å²) in [5.41, 5.74) is 2.23. The summed E-state index contributed by atoms with van der Waals surface area (Å²) in [6.45, 7) is 2.08. The van der Waals surface area contributed by atoms with Crippen molar-refractivity contribution in [1.29, 1.82) is 5.26 Å². The zero-order valence-corrected chi connectivity index (χ0v) is 21.0. The van der Waals surface area contributed by atoms with Gasteiger partial charge < -0.3 is 10.2 Å². The first-order valence-electron chi connectivity index (χ1n) is 9.63. The predicted octanol–water partition coefficient (Wildman–Crippen LogP) is 4.81. The summed E-state index contributed by atoms with van der Waals surface area (Å²) in [5.74, 6) is 0.153. The van der Waals surface area contributed by atoms with Crippen molar-refractivity contribution in [1.82, 2.24) is 10.2 Å². The van der Waals surface area contributed by atoms with E-state index >= 15 is 0 Å². The average Bonchev–Trinajstić information content (AvgIpc) is 3.48. The molecule has 1 saturated heterocycles. The van der Waals surface area contributed by atoms with Gasteiger partial charge in [0.2, 0.25) is 5.91 Å². The van der Waals surface area contributed by atoms with Gasteiger partial charge in [0, 0.05) is 19.6 Å². The van der Waals surface area contributed by atoms with Crippen LogP contribution in [-0.4, -0.2) is 36.4 Å². The smallest absolute Gasteiger partial charge is 0.304 e. The van der Waals surface area contributed by atoms with E-state index in [2.05, 4.69) is 23.5 Å². The Kier molecular flexibility index (Phi) is 8.89. The van der Waals surface area contributed by atoms with Gasteiger partial charge in [-0.05, 0) is 35.1 Å². The standard InChI is InChI=1S/C17H17N3OS.C4H2Cl2O3S2/c18-9-15-8-14(12-22-15)11-20-7-6-16(17(20)21)19-10-13-4-2-1-3-5-13;5-2-1-3(10-4(2)6)11(7,8)9/h1-5,8,12,16,19H,6-7,10-11H2;1H,(H,7,8,9)/t16-;/m0./s1. The second-order valence-electron chi connectivity index (χ2n) is 7.06. The van der Waals surface area contributed by atoms with Crippen molar-refractivity contribution in [2.24, 2.45) is 0 Å². The maximum Gasteiger partial charge on any atom is 0.304 e. The van der Waals surface area contributed by atoms with Gasteiger partial charge in [-0.25, -0.2) is 0 Å². The van der Waals surface area contributed by atoms with E-state index in [1.54, 1.807) is 0 Å². The lowest BCUT2D eigenvalue weighted by Crippen LogP contribution is -2.37. The number of hydrogen-bond donors (Lipinski definition) is 2. The molecule has 0 bridgehead atoms. The number of hydrogen-bond acceptors (Lipinski definition) is 7. The number of benzene rings is 1. The van der Waals surface area contributed by atoms with E-state index in [0.717, 1.165) is 24.6 Å². The molecular weight excluding hydrogens is 525 g/mol. The zero-order valence-electron chi connectivity index (χ0n) is 17.1. The van der Waals surface area contributed by atoms with Crippen molar-refractivity contribution in [2.75, 3.05) is 6.54 Å². The van der Waals surface area contributed by atoms with Crippen LogP contribution in [0.15, 0.2) is 52.1 Å². The van der Waals surface area contributed by atoms with E-state index in [9.17, 15) is 13.2 Å². The minimum absolute atomic E-state index is 0.103. The molecule has 3 aromatic rings. The number of carbonyl (C=O) groups is 1. The maximum atomic E-state index is 12.4. The second kappa shape index (κ2) is 11.4. The molecule has 1 aliphatic heterocycles. The van der Waals surface area contributed by atoms with Crippen molar-refractivity contribution < 1.29 is 17.8 Å². The molecule has 1 amide bonds. The van der Waals surface area contributed by atoms with E-state index in [4.69, 9.17) is 33.0 Å². The summed E-state index contributed by atoms with van der Waals surface area (Å²) >= 11 is 13.0. The Labute approximate surface area is 209 Å². The van der Waals surface area contributed by atoms with E-state index in [1.807, 2.05) is 34.5 Å². The normalized spacial score (nSPS) is 15.8. The first-order chi connectivity index (χ1) is 15.7. The molecule has 0 saturated carbocycles. The molecule has 174 valence electrons. The summed E-state index contributed by atoms with van der Waals surface area (Å²) in [4.78, 5) is 15.0. The van der Waals surface area contributed by atoms with E-state index in [-0.39, 0.29) is 25.5 Å². The highest BCUT2D eigenvalue weighted by molar-refractivity contribution is 7.88. The van der Waals surface area contributed by atoms with Crippen molar-refractivity contribution >= 4 is 61.9 Å². The van der Waals surface area contributed by atoms with Gasteiger partial charge in [0.05, 0.1) is 11.1 Å². The van der Waals surface area contributed by atoms with Gasteiger partial charge >= 0.3 is 10.1 Å². The summed E-state index contributed by atoms with van der Waals surface area (Å²) < 4.78 is 29.3. The second-order valence-corrected chi connectivity index (χ2v) is 11.7. The van der Waals surface area contributed by atoms with Crippen LogP contribution < -0.4 is 5.32 Å². The first-order valence-corrected chi connectivity index (χ1v) is 13.5. The number of halogens is 2. The summed E-state index contributed by atoms with van der Waals surface area (Å²) in [6.07, 6.45) is 0.834. The number of thiophene rings is 2. The van der Waals surface area contributed by atoms with Crippen LogP contribution in [-0.2, 0) is 28.0 Å². The number of nitrogens with one attached hydrogen (secondary N) is 1. The van der Waals surface area contributed by atoms with Gasteiger partial charge in [0.25, 0.3) is 0 Å². The van der Waals surface area contributed by atoms with Gasteiger partial charge in [-0.1, -0.05) is 53.5 Å². The van der Waals surface area contributed by atoms with Crippen LogP contribution in [0.5, 0.6) is 0 Å². The lowest BCUT2D eigenvalue weighted by Gasteiger charge is -2.16. The molecule has 3 heterocycles. The third kappa shape index (κ3) is 7.25. The number of nitriles is 1. The molecule has 7 nitrogen and oxygen atoms in total. The SMILES string of the molecule is N#Cc1cc(CN2CC[C@H](NCc3ccccc3)C2=O)cs1.O=S(=O)(O)c1cc(Cl)c(Cl)s1. The average molecular weight is 545 g/mol. The van der Waals surface area contributed by atoms with Crippen molar-refractivity contribution in [2.45, 2.75) is 29.8 Å². The fraction of sp³-hybridized carbons (Fsp3) is 0.238. The van der Waals surface area contributed by atoms with Gasteiger partial charge in [-0.15, -0.1) is 22.7 Å². The Morgan fingerprint density at radius 3 is 2.48 bits per heavy atom. The number of nitrogens with zero attached hydrogens (tertiary/aromatic N) is 2. The van der Waals surface area contributed by atoms with Crippen LogP contribution in [0.25, 0.3) is 0 Å². The fourth-order valence-corrected chi connectivity index (χ4v) is 6.05. The van der Waals surface area contributed by atoms with Crippen LogP contribution >= 0.6 is 45.9 Å². The van der Waals surface area contributed by atoms with Crippen LogP contribution in [0.1, 0.15) is 22.4 Å². The van der Waals surface area contributed by atoms with Crippen LogP contribution in [0.4, 0.5) is 0 Å². The monoisotopic (exact) mass is 543 g/mol. The van der Waals surface area contributed by atoms with Crippen LogP contribution in [0, 0.1) is 11.3 Å². The molecule has 0 radical (unpaired) electrons. The minimum Gasteiger partial charge on any atom is -0.337 e. The molecule has 1 aliphatic rings. The molecule has 0 unspecified atom stereocenters. The Morgan fingerprint density at radius 2 is 1.94 bits per heavy atom. The van der Waals surface area contributed by atoms with Crippen LogP contribution in [0.3, 0.4) is 0 Å². The summed E-state index contributed by atoms with van der Waals surface area (Å²) in [5, 5.41) is 14.3. The third-order valence-electron chi connectivity index (χ3n) is 4.71. The number of carbonyl (C=O) groups excluding carboxylic acids is 1. The highest BCUT2D eigenvalue weighted by Gasteiger charge is 2.31. The topological polar surface area (TPSA) is 111 Å². The number of amides is 1. The van der Waals surface area contributed by atoms with Gasteiger partial charge in [-0.3, -0.25) is 9.35 Å². The number of rotatable bonds is 6. The summed E-state index contributed by atoms with van der Waals surface area (Å²) in [6, 6.07) is 15.1. The first kappa shape index (κ1) is 25.6. The van der Waals surface area contributed by atoms with Gasteiger partial charge in [-0.2, -0.15) is 13.7 Å². The van der Waals surface area contributed by atoms with E-state index in [1.165, 1.54) is 16.9 Å². The maximum absolute atomic E-state index is 12.4. The Hall–Kier alpha value is -1.97. The molecule has 4 rings (SSSR count). The third-order valence-corrected chi connectivity index (χ3v) is 8.76. The van der Waals surface area contributed by atoms with E-state index < -0.39 is 10.1 Å². The lowest BCUT2D eigenvalue weighted by molar-refractivity contribution is -0.129. The summed E-state index contributed by atoms with van der Waals surface area (Å²) in [7, 11) is -4.15. The van der Waals surface area contributed by atoms with Crippen LogP contribution in [0.2, 0.25) is 9.36 Å². The largest absolute Gasteiger partial charge is 0.337 e. The van der Waals surface area contributed by atoms with Crippen molar-refractivity contribution in [3.8, 4) is 6.07 Å². The fourth-order valence-electron chi connectivity index (χ4n) is 3.11. The predicted molar refractivity (Wildman–Crippen MR) is 130 cm³/mol. The Morgan fingerprint density at radius 1 is 1.21 bits per heavy atom. The molecule has 2 N–H and O–H groups in total. The highest BCUT2D eigenvalue weighted by atomic mass is 35.5. The molecule has 12 heteroatoms. The van der Waals surface area contributed by atoms with E-state index in [0.29, 0.717) is 29.3 Å². The van der Waals surface area contributed by atoms with Gasteiger partial charge in [0.15, 0.2) is 0 Å². The Balaban J connectivity index is 0.000000235. The molecule has 0 spiro atoms. The highest BCUT2D eigenvalue weighted by Crippen LogP contribution is 2.33. The molecule has 0 aliphatic carbocycles. The van der Waals surface area contributed by atoms with Crippen molar-refractivity contribution in [3.63, 3.8) is 0 Å². The van der Waals surface area contributed by atoms with Gasteiger partial charge in [0.1, 0.15) is 19.5 Å². The molecule has 1 atom stereocenters.